The van der Waals surface area contributed by atoms with E-state index in [1.807, 2.05) is 0 Å². The van der Waals surface area contributed by atoms with Crippen LogP contribution in [-0.2, 0) is 0 Å². The summed E-state index contributed by atoms with van der Waals surface area (Å²) < 4.78 is 81.3. The minimum atomic E-state index is -4.86. The highest BCUT2D eigenvalue weighted by atomic mass is 19.4. The first-order chi connectivity index (χ1) is 13.5. The number of aromatic nitrogens is 2. The smallest absolute Gasteiger partial charge is 0.406 e. The van der Waals surface area contributed by atoms with E-state index in [1.165, 1.54) is 30.5 Å². The Morgan fingerprint density at radius 1 is 0.724 bits per heavy atom. The molecule has 0 aliphatic carbocycles. The van der Waals surface area contributed by atoms with Crippen molar-refractivity contribution in [1.82, 2.24) is 10.2 Å². The molecule has 152 valence electrons. The van der Waals surface area contributed by atoms with Crippen LogP contribution in [0.15, 0.2) is 59.5 Å². The van der Waals surface area contributed by atoms with E-state index < -0.39 is 29.8 Å². The van der Waals surface area contributed by atoms with Crippen LogP contribution in [0.1, 0.15) is 0 Å². The van der Waals surface area contributed by atoms with E-state index in [0.717, 1.165) is 24.3 Å². The lowest BCUT2D eigenvalue weighted by atomic mass is 9.97. The van der Waals surface area contributed by atoms with E-state index in [0.29, 0.717) is 5.56 Å². The topological polar surface area (TPSA) is 64.2 Å². The second-order valence-electron chi connectivity index (χ2n) is 5.63. The number of benzene rings is 2. The van der Waals surface area contributed by atoms with Crippen LogP contribution in [0.3, 0.4) is 0 Å². The molecule has 0 radical (unpaired) electrons. The zero-order valence-corrected chi connectivity index (χ0v) is 14.1. The van der Waals surface area contributed by atoms with Gasteiger partial charge in [0.2, 0.25) is 0 Å². The second kappa shape index (κ2) is 7.49. The number of ether oxygens (including phenoxy) is 2. The molecule has 2 aromatic carbocycles. The van der Waals surface area contributed by atoms with Crippen LogP contribution in [0.4, 0.5) is 26.3 Å². The molecule has 0 amide bonds. The van der Waals surface area contributed by atoms with Crippen LogP contribution in [0, 0.1) is 0 Å². The summed E-state index contributed by atoms with van der Waals surface area (Å²) in [4.78, 5) is 12.3. The number of halogens is 6. The molecule has 0 aliphatic rings. The summed E-state index contributed by atoms with van der Waals surface area (Å²) in [5.74, 6) is -0.920. The van der Waals surface area contributed by atoms with Crippen LogP contribution in [-0.4, -0.2) is 22.9 Å². The van der Waals surface area contributed by atoms with Gasteiger partial charge in [-0.2, -0.15) is 5.10 Å². The molecule has 0 unspecified atom stereocenters. The number of hydrogen-bond donors (Lipinski definition) is 1. The van der Waals surface area contributed by atoms with Crippen molar-refractivity contribution in [2.75, 3.05) is 0 Å². The lowest BCUT2D eigenvalue weighted by Gasteiger charge is -2.12. The highest BCUT2D eigenvalue weighted by Crippen LogP contribution is 2.32. The molecule has 0 saturated carbocycles. The van der Waals surface area contributed by atoms with E-state index in [9.17, 15) is 31.1 Å². The molecule has 3 aromatic rings. The molecule has 1 N–H and O–H groups in total. The van der Waals surface area contributed by atoms with E-state index >= 15 is 0 Å². The molecule has 11 heteroatoms. The minimum Gasteiger partial charge on any atom is -0.406 e. The Labute approximate surface area is 158 Å². The van der Waals surface area contributed by atoms with Crippen molar-refractivity contribution in [3.63, 3.8) is 0 Å². The van der Waals surface area contributed by atoms with Gasteiger partial charge in [0.15, 0.2) is 0 Å². The monoisotopic (exact) mass is 416 g/mol. The van der Waals surface area contributed by atoms with Crippen LogP contribution in [0.2, 0.25) is 0 Å². The van der Waals surface area contributed by atoms with Crippen LogP contribution < -0.4 is 15.0 Å². The number of nitrogens with one attached hydrogen (secondary N) is 1. The van der Waals surface area contributed by atoms with Gasteiger partial charge in [0, 0.05) is 5.56 Å². The number of nitrogens with zero attached hydrogens (tertiary/aromatic N) is 1. The maximum Gasteiger partial charge on any atom is 0.573 e. The van der Waals surface area contributed by atoms with Gasteiger partial charge in [-0.25, -0.2) is 5.10 Å². The van der Waals surface area contributed by atoms with Gasteiger partial charge < -0.3 is 9.47 Å². The van der Waals surface area contributed by atoms with E-state index in [-0.39, 0.29) is 16.7 Å². The molecule has 0 spiro atoms. The summed E-state index contributed by atoms with van der Waals surface area (Å²) in [6, 6.07) is 9.28. The van der Waals surface area contributed by atoms with Crippen LogP contribution in [0.5, 0.6) is 11.5 Å². The van der Waals surface area contributed by atoms with E-state index in [4.69, 9.17) is 0 Å². The Hall–Kier alpha value is -3.50. The van der Waals surface area contributed by atoms with Gasteiger partial charge in [0.05, 0.1) is 11.8 Å². The van der Waals surface area contributed by atoms with Gasteiger partial charge in [-0.15, -0.1) is 26.3 Å². The molecule has 0 atom stereocenters. The summed E-state index contributed by atoms with van der Waals surface area (Å²) in [5, 5.41) is 5.89. The van der Waals surface area contributed by atoms with Crippen molar-refractivity contribution in [2.45, 2.75) is 12.7 Å². The first kappa shape index (κ1) is 20.2. The largest absolute Gasteiger partial charge is 0.573 e. The minimum absolute atomic E-state index is 0.0723. The van der Waals surface area contributed by atoms with E-state index in [1.54, 1.807) is 0 Å². The molecule has 0 fully saturated rings. The number of H-pyrrole nitrogens is 1. The van der Waals surface area contributed by atoms with Crippen molar-refractivity contribution in [3.05, 3.63) is 65.1 Å². The maximum absolute atomic E-state index is 12.3. The molecule has 1 aromatic heterocycles. The fourth-order valence-corrected chi connectivity index (χ4v) is 2.56. The predicted octanol–water partition coefficient (Wildman–Crippen LogP) is 4.90. The molecular formula is C18H10F6N2O3. The predicted molar refractivity (Wildman–Crippen MR) is 89.1 cm³/mol. The third kappa shape index (κ3) is 5.27. The Morgan fingerprint density at radius 3 is 1.62 bits per heavy atom. The summed E-state index contributed by atoms with van der Waals surface area (Å²) in [5.41, 5.74) is 0.306. The Kier molecular flexibility index (Phi) is 5.23. The summed E-state index contributed by atoms with van der Waals surface area (Å²) in [7, 11) is 0. The maximum atomic E-state index is 12.3. The van der Waals surface area contributed by atoms with Crippen molar-refractivity contribution in [3.8, 4) is 33.8 Å². The van der Waals surface area contributed by atoms with Crippen LogP contribution >= 0.6 is 0 Å². The lowest BCUT2D eigenvalue weighted by Crippen LogP contribution is -2.17. The van der Waals surface area contributed by atoms with Gasteiger partial charge in [-0.05, 0) is 35.4 Å². The summed E-state index contributed by atoms with van der Waals surface area (Å²) in [6.07, 6.45) is -8.43. The van der Waals surface area contributed by atoms with Crippen molar-refractivity contribution in [2.24, 2.45) is 0 Å². The fraction of sp³-hybridized carbons (Fsp3) is 0.111. The van der Waals surface area contributed by atoms with Crippen LogP contribution in [0.25, 0.3) is 22.3 Å². The fourth-order valence-electron chi connectivity index (χ4n) is 2.56. The third-order valence-corrected chi connectivity index (χ3v) is 3.63. The molecule has 0 aliphatic heterocycles. The summed E-state index contributed by atoms with van der Waals surface area (Å²) in [6.45, 7) is 0. The molecular weight excluding hydrogens is 406 g/mol. The molecule has 0 bridgehead atoms. The van der Waals surface area contributed by atoms with E-state index in [2.05, 4.69) is 19.7 Å². The highest BCUT2D eigenvalue weighted by Gasteiger charge is 2.31. The second-order valence-corrected chi connectivity index (χ2v) is 5.63. The van der Waals surface area contributed by atoms with Gasteiger partial charge in [-0.1, -0.05) is 24.3 Å². The normalized spacial score (nSPS) is 11.9. The lowest BCUT2D eigenvalue weighted by molar-refractivity contribution is -0.275. The molecule has 1 heterocycles. The number of rotatable bonds is 4. The Balaban J connectivity index is 1.97. The van der Waals surface area contributed by atoms with Gasteiger partial charge >= 0.3 is 12.7 Å². The van der Waals surface area contributed by atoms with Gasteiger partial charge in [0.25, 0.3) is 5.56 Å². The Morgan fingerprint density at radius 2 is 1.17 bits per heavy atom. The zero-order valence-electron chi connectivity index (χ0n) is 14.1. The summed E-state index contributed by atoms with van der Waals surface area (Å²) >= 11 is 0. The molecule has 3 rings (SSSR count). The standard InChI is InChI=1S/C18H10F6N2O3/c19-17(20,21)28-12-5-1-10(2-6-12)14-9-25-26-16(27)15(14)11-3-7-13(8-4-11)29-18(22,23)24/h1-9H,(H,26,27). The average Bonchev–Trinajstić information content (AvgIpc) is 2.60. The SMILES string of the molecule is O=c1[nH]ncc(-c2ccc(OC(F)(F)F)cc2)c1-c1ccc(OC(F)(F)F)cc1. The first-order valence-corrected chi connectivity index (χ1v) is 7.82. The van der Waals surface area contributed by atoms with Crippen molar-refractivity contribution < 1.29 is 35.8 Å². The number of aromatic amines is 1. The number of hydrogen-bond acceptors (Lipinski definition) is 4. The van der Waals surface area contributed by atoms with Gasteiger partial charge in [0.1, 0.15) is 11.5 Å². The quantitative estimate of drug-likeness (QED) is 0.615. The average molecular weight is 416 g/mol. The molecule has 0 saturated heterocycles. The first-order valence-electron chi connectivity index (χ1n) is 7.82. The zero-order chi connectivity index (χ0) is 21.2. The van der Waals surface area contributed by atoms with Crippen molar-refractivity contribution >= 4 is 0 Å². The molecule has 5 nitrogen and oxygen atoms in total. The highest BCUT2D eigenvalue weighted by molar-refractivity contribution is 5.82. The Bertz CT molecular complexity index is 1040. The number of alkyl halides is 6. The van der Waals surface area contributed by atoms with Gasteiger partial charge in [-0.3, -0.25) is 4.79 Å². The van der Waals surface area contributed by atoms with Crippen molar-refractivity contribution in [1.29, 1.82) is 0 Å². The molecule has 29 heavy (non-hydrogen) atoms. The third-order valence-electron chi connectivity index (χ3n) is 3.63.